The first-order valence-electron chi connectivity index (χ1n) is 8.15. The summed E-state index contributed by atoms with van der Waals surface area (Å²) in [6, 6.07) is 13.5. The van der Waals surface area contributed by atoms with Crippen molar-refractivity contribution >= 4 is 34.3 Å². The van der Waals surface area contributed by atoms with E-state index < -0.39 is 5.97 Å². The number of hydrogen-bond acceptors (Lipinski definition) is 5. The first-order valence-corrected chi connectivity index (χ1v) is 9.13. The Morgan fingerprint density at radius 1 is 1.19 bits per heavy atom. The van der Waals surface area contributed by atoms with E-state index in [0.717, 1.165) is 15.9 Å². The van der Waals surface area contributed by atoms with Gasteiger partial charge in [-0.3, -0.25) is 0 Å². The summed E-state index contributed by atoms with van der Waals surface area (Å²) in [7, 11) is 1.29. The Kier molecular flexibility index (Phi) is 5.32. The molecule has 134 valence electrons. The fourth-order valence-electron chi connectivity index (χ4n) is 2.55. The molecule has 6 heteroatoms. The number of para-hydroxylation sites is 2. The highest BCUT2D eigenvalue weighted by molar-refractivity contribution is 7.99. The Bertz CT molecular complexity index is 959. The number of carbonyl (C=O) groups excluding carboxylic acids is 1. The maximum absolute atomic E-state index is 12.2. The minimum Gasteiger partial charge on any atom is -0.510 e. The van der Waals surface area contributed by atoms with Crippen molar-refractivity contribution in [1.82, 2.24) is 9.97 Å². The molecule has 2 N–H and O–H groups in total. The molecule has 26 heavy (non-hydrogen) atoms. The van der Waals surface area contributed by atoms with Crippen molar-refractivity contribution in [3.63, 3.8) is 0 Å². The lowest BCUT2D eigenvalue weighted by molar-refractivity contribution is -0.133. The molecule has 0 aliphatic rings. The summed E-state index contributed by atoms with van der Waals surface area (Å²) >= 11 is 1.45. The van der Waals surface area contributed by atoms with Gasteiger partial charge in [-0.2, -0.15) is 0 Å². The van der Waals surface area contributed by atoms with E-state index in [4.69, 9.17) is 4.74 Å². The Balaban J connectivity index is 1.92. The molecule has 0 saturated carbocycles. The van der Waals surface area contributed by atoms with Crippen molar-refractivity contribution in [3.8, 4) is 0 Å². The van der Waals surface area contributed by atoms with Crippen LogP contribution in [0.3, 0.4) is 0 Å². The van der Waals surface area contributed by atoms with Crippen LogP contribution in [0.4, 0.5) is 0 Å². The molecular formula is C20H20N2O3S. The molecular weight excluding hydrogens is 348 g/mol. The number of carbonyl (C=O) groups is 1. The summed E-state index contributed by atoms with van der Waals surface area (Å²) < 4.78 is 4.84. The fourth-order valence-corrected chi connectivity index (χ4v) is 3.42. The molecule has 0 saturated heterocycles. The summed E-state index contributed by atoms with van der Waals surface area (Å²) in [6.45, 7) is 4.10. The SMILES string of the molecule is COC(=O)/C(=C(/O)CSc1ccc(C)c(C)c1)c1nc2ccccc2[nH]1. The molecule has 0 amide bonds. The van der Waals surface area contributed by atoms with Crippen molar-refractivity contribution < 1.29 is 14.6 Å². The van der Waals surface area contributed by atoms with Gasteiger partial charge >= 0.3 is 5.97 Å². The van der Waals surface area contributed by atoms with Gasteiger partial charge in [0.2, 0.25) is 0 Å². The van der Waals surface area contributed by atoms with Crippen LogP contribution in [0.15, 0.2) is 53.1 Å². The Hall–Kier alpha value is -2.73. The first-order chi connectivity index (χ1) is 12.5. The summed E-state index contributed by atoms with van der Waals surface area (Å²) in [5, 5.41) is 10.6. The molecule has 0 aliphatic carbocycles. The highest BCUT2D eigenvalue weighted by Crippen LogP contribution is 2.26. The third kappa shape index (κ3) is 3.75. The number of imidazole rings is 1. The second-order valence-electron chi connectivity index (χ2n) is 5.95. The van der Waals surface area contributed by atoms with Crippen LogP contribution >= 0.6 is 11.8 Å². The molecule has 0 fully saturated rings. The number of aliphatic hydroxyl groups excluding tert-OH is 1. The van der Waals surface area contributed by atoms with E-state index in [1.54, 1.807) is 0 Å². The number of nitrogens with one attached hydrogen (secondary N) is 1. The van der Waals surface area contributed by atoms with Crippen LogP contribution < -0.4 is 0 Å². The molecule has 0 bridgehead atoms. The maximum Gasteiger partial charge on any atom is 0.345 e. The summed E-state index contributed by atoms with van der Waals surface area (Å²) in [4.78, 5) is 20.7. The van der Waals surface area contributed by atoms with Crippen molar-refractivity contribution in [2.75, 3.05) is 12.9 Å². The number of aromatic nitrogens is 2. The topological polar surface area (TPSA) is 75.2 Å². The number of methoxy groups -OCH3 is 1. The molecule has 1 heterocycles. The number of hydrogen-bond donors (Lipinski definition) is 2. The van der Waals surface area contributed by atoms with Crippen molar-refractivity contribution in [2.24, 2.45) is 0 Å². The van der Waals surface area contributed by atoms with Gasteiger partial charge in [-0.25, -0.2) is 9.78 Å². The average molecular weight is 368 g/mol. The van der Waals surface area contributed by atoms with Gasteiger partial charge in [0.05, 0.1) is 23.9 Å². The smallest absolute Gasteiger partial charge is 0.345 e. The average Bonchev–Trinajstić information content (AvgIpc) is 3.06. The summed E-state index contributed by atoms with van der Waals surface area (Å²) in [6.07, 6.45) is 0. The number of rotatable bonds is 5. The van der Waals surface area contributed by atoms with Crippen LogP contribution in [0, 0.1) is 13.8 Å². The van der Waals surface area contributed by atoms with Crippen molar-refractivity contribution in [2.45, 2.75) is 18.7 Å². The fraction of sp³-hybridized carbons (Fsp3) is 0.200. The molecule has 1 aromatic heterocycles. The predicted molar refractivity (Wildman–Crippen MR) is 104 cm³/mol. The third-order valence-electron chi connectivity index (χ3n) is 4.16. The van der Waals surface area contributed by atoms with Gasteiger partial charge in [0.15, 0.2) is 0 Å². The molecule has 3 rings (SSSR count). The summed E-state index contributed by atoms with van der Waals surface area (Å²) in [5.74, 6) is -0.151. The number of benzene rings is 2. The molecule has 2 aromatic carbocycles. The highest BCUT2D eigenvalue weighted by atomic mass is 32.2. The minimum absolute atomic E-state index is 0.0556. The number of aliphatic hydroxyl groups is 1. The van der Waals surface area contributed by atoms with Crippen LogP contribution in [0.1, 0.15) is 17.0 Å². The minimum atomic E-state index is -0.623. The zero-order valence-electron chi connectivity index (χ0n) is 14.9. The molecule has 3 aromatic rings. The van der Waals surface area contributed by atoms with E-state index in [-0.39, 0.29) is 17.1 Å². The zero-order valence-corrected chi connectivity index (χ0v) is 15.7. The molecule has 0 atom stereocenters. The van der Waals surface area contributed by atoms with Crippen molar-refractivity contribution in [3.05, 3.63) is 65.2 Å². The van der Waals surface area contributed by atoms with Gasteiger partial charge in [0, 0.05) is 4.90 Å². The monoisotopic (exact) mass is 368 g/mol. The lowest BCUT2D eigenvalue weighted by Crippen LogP contribution is -2.09. The first kappa shape index (κ1) is 18.1. The number of fused-ring (bicyclic) bond motifs is 1. The van der Waals surface area contributed by atoms with E-state index >= 15 is 0 Å². The number of nitrogens with zero attached hydrogens (tertiary/aromatic N) is 1. The summed E-state index contributed by atoms with van der Waals surface area (Å²) in [5.41, 5.74) is 3.97. The van der Waals surface area contributed by atoms with E-state index in [0.29, 0.717) is 5.82 Å². The van der Waals surface area contributed by atoms with Crippen LogP contribution in [0.5, 0.6) is 0 Å². The molecule has 0 radical (unpaired) electrons. The number of thioether (sulfide) groups is 1. The van der Waals surface area contributed by atoms with Crippen LogP contribution in [-0.2, 0) is 9.53 Å². The second kappa shape index (κ2) is 7.66. The van der Waals surface area contributed by atoms with E-state index in [1.165, 1.54) is 30.0 Å². The van der Waals surface area contributed by atoms with Crippen molar-refractivity contribution in [1.29, 1.82) is 0 Å². The molecule has 5 nitrogen and oxygen atoms in total. The van der Waals surface area contributed by atoms with E-state index in [1.807, 2.05) is 43.3 Å². The number of H-pyrrole nitrogens is 1. The van der Waals surface area contributed by atoms with Crippen LogP contribution in [-0.4, -0.2) is 33.9 Å². The molecule has 0 spiro atoms. The lowest BCUT2D eigenvalue weighted by Gasteiger charge is -2.08. The van der Waals surface area contributed by atoms with Gasteiger partial charge in [-0.1, -0.05) is 18.2 Å². The number of aromatic amines is 1. The van der Waals surface area contributed by atoms with Crippen LogP contribution in [0.25, 0.3) is 16.6 Å². The predicted octanol–water partition coefficient (Wildman–Crippen LogP) is 4.41. The zero-order chi connectivity index (χ0) is 18.7. The quantitative estimate of drug-likeness (QED) is 0.302. The molecule has 0 unspecified atom stereocenters. The number of aryl methyl sites for hydroxylation is 2. The number of esters is 1. The van der Waals surface area contributed by atoms with E-state index in [2.05, 4.69) is 23.0 Å². The Labute approximate surface area is 156 Å². The van der Waals surface area contributed by atoms with Gasteiger partial charge < -0.3 is 14.8 Å². The van der Waals surface area contributed by atoms with E-state index in [9.17, 15) is 9.90 Å². The highest BCUT2D eigenvalue weighted by Gasteiger charge is 2.22. The number of ether oxygens (including phenoxy) is 1. The Morgan fingerprint density at radius 3 is 2.65 bits per heavy atom. The standard InChI is InChI=1S/C20H20N2O3S/c1-12-8-9-14(10-13(12)2)26-11-17(23)18(20(24)25-3)19-21-15-6-4-5-7-16(15)22-19/h4-10,23H,11H2,1-3H3,(H,21,22)/b18-17+. The van der Waals surface area contributed by atoms with Gasteiger partial charge in [0.25, 0.3) is 0 Å². The lowest BCUT2D eigenvalue weighted by atomic mass is 10.1. The Morgan fingerprint density at radius 2 is 1.96 bits per heavy atom. The largest absolute Gasteiger partial charge is 0.510 e. The second-order valence-corrected chi connectivity index (χ2v) is 7.00. The third-order valence-corrected chi connectivity index (χ3v) is 5.16. The van der Waals surface area contributed by atoms with Gasteiger partial charge in [-0.15, -0.1) is 11.8 Å². The normalized spacial score (nSPS) is 12.1. The maximum atomic E-state index is 12.2. The van der Waals surface area contributed by atoms with Crippen LogP contribution in [0.2, 0.25) is 0 Å². The van der Waals surface area contributed by atoms with Gasteiger partial charge in [-0.05, 0) is 49.2 Å². The molecule has 0 aliphatic heterocycles. The van der Waals surface area contributed by atoms with Gasteiger partial charge in [0.1, 0.15) is 17.2 Å².